The fourth-order valence-electron chi connectivity index (χ4n) is 5.18. The number of nitrogens with zero attached hydrogens (tertiary/aromatic N) is 1. The summed E-state index contributed by atoms with van der Waals surface area (Å²) in [5.41, 5.74) is 4.50. The molecule has 3 aromatic carbocycles. The maximum atomic E-state index is 13.2. The summed E-state index contributed by atoms with van der Waals surface area (Å²) >= 11 is 0. The van der Waals surface area contributed by atoms with Gasteiger partial charge in [-0.05, 0) is 46.4 Å². The molecule has 2 heteroatoms. The van der Waals surface area contributed by atoms with Gasteiger partial charge in [0, 0.05) is 17.2 Å². The van der Waals surface area contributed by atoms with Crippen molar-refractivity contribution in [3.05, 3.63) is 89.5 Å². The van der Waals surface area contributed by atoms with Gasteiger partial charge in [0.2, 0.25) is 0 Å². The van der Waals surface area contributed by atoms with E-state index < -0.39 is 0 Å². The van der Waals surface area contributed by atoms with E-state index in [2.05, 4.69) is 65.6 Å². The fraction of sp³-hybridized carbons (Fsp3) is 0.174. The largest absolute Gasteiger partial charge is 0.300 e. The lowest BCUT2D eigenvalue weighted by molar-refractivity contribution is 0.0981. The van der Waals surface area contributed by atoms with Crippen molar-refractivity contribution in [1.29, 1.82) is 0 Å². The molecule has 120 valence electrons. The van der Waals surface area contributed by atoms with E-state index in [0.717, 1.165) is 17.7 Å². The third-order valence-electron chi connectivity index (χ3n) is 6.17. The van der Waals surface area contributed by atoms with Crippen molar-refractivity contribution < 1.29 is 4.79 Å². The fourth-order valence-corrected chi connectivity index (χ4v) is 5.18. The van der Waals surface area contributed by atoms with Crippen molar-refractivity contribution in [2.75, 3.05) is 4.90 Å². The molecule has 2 nitrogen and oxygen atoms in total. The minimum absolute atomic E-state index is 0.155. The van der Waals surface area contributed by atoms with Crippen molar-refractivity contribution in [3.63, 3.8) is 0 Å². The number of carbonyl (C=O) groups excluding carboxylic acids is 1. The lowest BCUT2D eigenvalue weighted by Gasteiger charge is -2.41. The van der Waals surface area contributed by atoms with Gasteiger partial charge in [-0.3, -0.25) is 4.79 Å². The van der Waals surface area contributed by atoms with Crippen molar-refractivity contribution >= 4 is 22.4 Å². The van der Waals surface area contributed by atoms with Crippen LogP contribution in [0.2, 0.25) is 0 Å². The Morgan fingerprint density at radius 2 is 1.76 bits per heavy atom. The van der Waals surface area contributed by atoms with E-state index in [-0.39, 0.29) is 11.9 Å². The van der Waals surface area contributed by atoms with E-state index in [9.17, 15) is 4.79 Å². The third-order valence-corrected chi connectivity index (χ3v) is 6.17. The molecule has 3 aromatic rings. The van der Waals surface area contributed by atoms with Crippen LogP contribution in [-0.2, 0) is 0 Å². The molecular formula is C23H17NO. The van der Waals surface area contributed by atoms with Crippen molar-refractivity contribution in [2.45, 2.75) is 18.4 Å². The Hall–Kier alpha value is -2.87. The number of anilines is 1. The Morgan fingerprint density at radius 3 is 2.72 bits per heavy atom. The van der Waals surface area contributed by atoms with E-state index >= 15 is 0 Å². The van der Waals surface area contributed by atoms with Crippen LogP contribution in [0.3, 0.4) is 0 Å². The molecule has 0 bridgehead atoms. The maximum absolute atomic E-state index is 13.2. The van der Waals surface area contributed by atoms with Gasteiger partial charge in [-0.25, -0.2) is 0 Å². The zero-order valence-electron chi connectivity index (χ0n) is 13.7. The Kier molecular flexibility index (Phi) is 2.47. The Morgan fingerprint density at radius 1 is 0.920 bits per heavy atom. The summed E-state index contributed by atoms with van der Waals surface area (Å²) < 4.78 is 0. The topological polar surface area (TPSA) is 20.3 Å². The number of amides is 1. The zero-order chi connectivity index (χ0) is 16.5. The van der Waals surface area contributed by atoms with E-state index in [1.807, 2.05) is 12.1 Å². The summed E-state index contributed by atoms with van der Waals surface area (Å²) in [5.74, 6) is 0.981. The van der Waals surface area contributed by atoms with Gasteiger partial charge in [-0.15, -0.1) is 0 Å². The Bertz CT molecular complexity index is 1080. The first-order valence-corrected chi connectivity index (χ1v) is 8.95. The van der Waals surface area contributed by atoms with Crippen LogP contribution in [0.4, 0.5) is 5.69 Å². The molecule has 0 saturated heterocycles. The van der Waals surface area contributed by atoms with Crippen molar-refractivity contribution in [3.8, 4) is 0 Å². The summed E-state index contributed by atoms with van der Waals surface area (Å²) in [6, 6.07) is 21.2. The first-order valence-electron chi connectivity index (χ1n) is 8.95. The van der Waals surface area contributed by atoms with Gasteiger partial charge in [0.15, 0.2) is 0 Å². The van der Waals surface area contributed by atoms with Crippen LogP contribution in [0.15, 0.2) is 72.8 Å². The Balaban J connectivity index is 1.69. The van der Waals surface area contributed by atoms with E-state index in [1.165, 1.54) is 21.9 Å². The molecule has 2 aliphatic heterocycles. The summed E-state index contributed by atoms with van der Waals surface area (Å²) in [7, 11) is 0. The van der Waals surface area contributed by atoms with Crippen LogP contribution in [0.25, 0.3) is 10.8 Å². The second-order valence-electron chi connectivity index (χ2n) is 7.28. The minimum Gasteiger partial charge on any atom is -0.300 e. The molecule has 0 saturated carbocycles. The molecule has 0 fully saturated rings. The van der Waals surface area contributed by atoms with E-state index in [1.54, 1.807) is 0 Å². The first kappa shape index (κ1) is 13.4. The molecule has 2 heterocycles. The minimum atomic E-state index is 0.155. The van der Waals surface area contributed by atoms with E-state index in [4.69, 9.17) is 0 Å². The van der Waals surface area contributed by atoms with E-state index in [0.29, 0.717) is 11.8 Å². The predicted molar refractivity (Wildman–Crippen MR) is 99.9 cm³/mol. The second-order valence-corrected chi connectivity index (χ2v) is 7.28. The molecule has 0 spiro atoms. The molecular weight excluding hydrogens is 306 g/mol. The van der Waals surface area contributed by atoms with Crippen LogP contribution >= 0.6 is 0 Å². The number of fused-ring (bicyclic) bond motifs is 10. The highest BCUT2D eigenvalue weighted by molar-refractivity contribution is 6.13. The quantitative estimate of drug-likeness (QED) is 0.520. The highest BCUT2D eigenvalue weighted by atomic mass is 16.2. The van der Waals surface area contributed by atoms with Crippen molar-refractivity contribution in [1.82, 2.24) is 0 Å². The van der Waals surface area contributed by atoms with Gasteiger partial charge < -0.3 is 4.90 Å². The highest BCUT2D eigenvalue weighted by Crippen LogP contribution is 2.57. The first-order chi connectivity index (χ1) is 12.3. The summed E-state index contributed by atoms with van der Waals surface area (Å²) in [6.07, 6.45) is 5.70. The lowest BCUT2D eigenvalue weighted by Crippen LogP contribution is -2.38. The van der Waals surface area contributed by atoms with Crippen LogP contribution < -0.4 is 4.90 Å². The average molecular weight is 323 g/mol. The Labute approximate surface area is 146 Å². The van der Waals surface area contributed by atoms with Gasteiger partial charge in [-0.2, -0.15) is 0 Å². The molecule has 25 heavy (non-hydrogen) atoms. The highest BCUT2D eigenvalue weighted by Gasteiger charge is 2.49. The third kappa shape index (κ3) is 1.57. The number of rotatable bonds is 0. The van der Waals surface area contributed by atoms with Crippen molar-refractivity contribution in [2.24, 2.45) is 5.92 Å². The summed E-state index contributed by atoms with van der Waals surface area (Å²) in [4.78, 5) is 15.3. The molecule has 0 unspecified atom stereocenters. The van der Waals surface area contributed by atoms with Crippen LogP contribution in [0.1, 0.15) is 39.9 Å². The number of benzene rings is 3. The molecule has 0 N–H and O–H groups in total. The van der Waals surface area contributed by atoms with Crippen LogP contribution in [-0.4, -0.2) is 5.91 Å². The lowest BCUT2D eigenvalue weighted by atomic mass is 9.75. The average Bonchev–Trinajstić information content (AvgIpc) is 3.25. The van der Waals surface area contributed by atoms with Gasteiger partial charge >= 0.3 is 0 Å². The molecule has 0 aromatic heterocycles. The molecule has 1 aliphatic carbocycles. The van der Waals surface area contributed by atoms with Crippen LogP contribution in [0.5, 0.6) is 0 Å². The predicted octanol–water partition coefficient (Wildman–Crippen LogP) is 5.21. The zero-order valence-corrected chi connectivity index (χ0v) is 13.7. The number of hydrogen-bond donors (Lipinski definition) is 0. The monoisotopic (exact) mass is 323 g/mol. The molecule has 6 rings (SSSR count). The number of allylic oxidation sites excluding steroid dienone is 2. The SMILES string of the molecule is O=C1c2ccccc2[C@@H]2[C@@H]3CC=C[C@H]3c3c(ccc4ccccc34)N12. The maximum Gasteiger partial charge on any atom is 0.259 e. The number of carbonyl (C=O) groups is 1. The summed E-state index contributed by atoms with van der Waals surface area (Å²) in [6.45, 7) is 0. The second kappa shape index (κ2) is 4.60. The molecule has 0 radical (unpaired) electrons. The normalized spacial score (nSPS) is 25.7. The van der Waals surface area contributed by atoms with Crippen LogP contribution in [0, 0.1) is 5.92 Å². The number of hydrogen-bond acceptors (Lipinski definition) is 1. The molecule has 3 atom stereocenters. The summed E-state index contributed by atoms with van der Waals surface area (Å²) in [5, 5.41) is 2.53. The van der Waals surface area contributed by atoms with Gasteiger partial charge in [0.05, 0.1) is 6.04 Å². The smallest absolute Gasteiger partial charge is 0.259 e. The van der Waals surface area contributed by atoms with Gasteiger partial charge in [0.25, 0.3) is 5.91 Å². The van der Waals surface area contributed by atoms with Gasteiger partial charge in [-0.1, -0.05) is 60.7 Å². The molecule has 1 amide bonds. The van der Waals surface area contributed by atoms with Gasteiger partial charge in [0.1, 0.15) is 0 Å². The molecule has 3 aliphatic rings. The standard InChI is InChI=1S/C23H17NO/c25-23-19-9-4-3-8-18(19)22-17-11-5-10-16(17)21-15-7-2-1-6-14(15)12-13-20(21)24(22)23/h1-10,12-13,16-17,22H,11H2/t16-,17-,22+/m1/s1.